The molecule has 0 aliphatic carbocycles. The van der Waals surface area contributed by atoms with Gasteiger partial charge in [0.15, 0.2) is 24.8 Å². The van der Waals surface area contributed by atoms with Crippen LogP contribution in [0.3, 0.4) is 0 Å². The van der Waals surface area contributed by atoms with Crippen LogP contribution in [0.2, 0.25) is 0 Å². The number of carbonyl (C=O) groups is 3. The predicted octanol–water partition coefficient (Wildman–Crippen LogP) is 6.42. The molecule has 10 atom stereocenters. The Bertz CT molecular complexity index is 1980. The van der Waals surface area contributed by atoms with Crippen LogP contribution in [-0.2, 0) is 92.9 Å². The second-order valence-corrected chi connectivity index (χ2v) is 15.0. The molecule has 2 aliphatic rings. The van der Waals surface area contributed by atoms with E-state index in [-0.39, 0.29) is 46.2 Å². The lowest BCUT2D eigenvalue weighted by molar-refractivity contribution is -0.370. The van der Waals surface area contributed by atoms with E-state index in [9.17, 15) is 14.4 Å². The zero-order valence-electron chi connectivity index (χ0n) is 35.8. The topological polar surface area (TPSA) is 153 Å². The van der Waals surface area contributed by atoms with Crippen LogP contribution in [0.5, 0.6) is 0 Å². The SMILES string of the molecule is C=CCO[C@@H]1O[C@H](COC(C)=O)[C@H](O[C@H]2O[C@H](COCc3ccccc3)[C@H](OCc3ccccc3)[C@H](OCc3ccccc3)[C@H]2OCc2ccccc2)[C@H](OC(C)=O)[C@H]1OC(C)=O. The van der Waals surface area contributed by atoms with E-state index in [2.05, 4.69) is 6.58 Å². The van der Waals surface area contributed by atoms with Gasteiger partial charge < -0.3 is 52.1 Å². The Balaban J connectivity index is 1.43. The van der Waals surface area contributed by atoms with E-state index in [0.29, 0.717) is 0 Å². The average Bonchev–Trinajstić information content (AvgIpc) is 3.28. The Morgan fingerprint density at radius 1 is 0.492 bits per heavy atom. The van der Waals surface area contributed by atoms with Crippen LogP contribution < -0.4 is 0 Å². The standard InChI is InChI=1S/C49H56O14/c1-5-26-54-48-47(60-35(4)52)45(59-34(3)51)43(41(61-48)32-55-33(2)50)63-49-46(58-30-39-24-16-9-17-25-39)44(57-29-38-22-14-8-15-23-38)42(56-28-37-20-12-7-13-21-37)40(62-49)31-53-27-36-18-10-6-11-19-36/h5-25,40-49H,1,26-32H2,2-4H3/t40-,41-,42+,43+,44+,45+,46-,47-,48-,49-/m1/s1. The molecule has 14 heteroatoms. The summed E-state index contributed by atoms with van der Waals surface area (Å²) in [6, 6.07) is 38.7. The summed E-state index contributed by atoms with van der Waals surface area (Å²) in [7, 11) is 0. The Kier molecular flexibility index (Phi) is 18.4. The number of carbonyl (C=O) groups excluding carboxylic acids is 3. The summed E-state index contributed by atoms with van der Waals surface area (Å²) in [5.41, 5.74) is 3.63. The summed E-state index contributed by atoms with van der Waals surface area (Å²) in [6.45, 7) is 7.79. The van der Waals surface area contributed by atoms with Gasteiger partial charge >= 0.3 is 17.9 Å². The van der Waals surface area contributed by atoms with Crippen LogP contribution in [0.15, 0.2) is 134 Å². The molecule has 63 heavy (non-hydrogen) atoms. The predicted molar refractivity (Wildman–Crippen MR) is 227 cm³/mol. The van der Waals surface area contributed by atoms with Gasteiger partial charge in [0.2, 0.25) is 0 Å². The molecule has 2 fully saturated rings. The van der Waals surface area contributed by atoms with Gasteiger partial charge in [-0.05, 0) is 22.3 Å². The van der Waals surface area contributed by atoms with Gasteiger partial charge in [0.25, 0.3) is 0 Å². The third kappa shape index (κ3) is 14.4. The average molecular weight is 869 g/mol. The van der Waals surface area contributed by atoms with Crippen LogP contribution >= 0.6 is 0 Å². The van der Waals surface area contributed by atoms with Crippen LogP contribution in [0.1, 0.15) is 43.0 Å². The van der Waals surface area contributed by atoms with Gasteiger partial charge in [0, 0.05) is 20.8 Å². The first kappa shape index (κ1) is 47.2. The van der Waals surface area contributed by atoms with Crippen molar-refractivity contribution >= 4 is 17.9 Å². The summed E-state index contributed by atoms with van der Waals surface area (Å²) in [5.74, 6) is -2.02. The van der Waals surface area contributed by atoms with Crippen LogP contribution in [0.25, 0.3) is 0 Å². The second-order valence-electron chi connectivity index (χ2n) is 15.0. The highest BCUT2D eigenvalue weighted by molar-refractivity contribution is 5.67. The monoisotopic (exact) mass is 868 g/mol. The largest absolute Gasteiger partial charge is 0.463 e. The zero-order valence-corrected chi connectivity index (χ0v) is 35.8. The van der Waals surface area contributed by atoms with Gasteiger partial charge in [-0.1, -0.05) is 127 Å². The summed E-state index contributed by atoms with van der Waals surface area (Å²) >= 11 is 0. The summed E-state index contributed by atoms with van der Waals surface area (Å²) in [4.78, 5) is 37.7. The molecule has 0 bridgehead atoms. The highest BCUT2D eigenvalue weighted by atomic mass is 16.8. The van der Waals surface area contributed by atoms with Crippen molar-refractivity contribution in [3.8, 4) is 0 Å². The Hall–Kier alpha value is -5.29. The maximum atomic E-state index is 12.9. The van der Waals surface area contributed by atoms with E-state index >= 15 is 0 Å². The van der Waals surface area contributed by atoms with Crippen LogP contribution in [-0.4, -0.2) is 99.1 Å². The number of esters is 3. The molecular formula is C49H56O14. The second kappa shape index (κ2) is 24.5. The molecule has 4 aromatic carbocycles. The molecule has 336 valence electrons. The zero-order chi connectivity index (χ0) is 44.4. The molecule has 6 rings (SSSR count). The van der Waals surface area contributed by atoms with E-state index in [1.165, 1.54) is 26.8 Å². The van der Waals surface area contributed by atoms with Crippen molar-refractivity contribution in [2.45, 2.75) is 109 Å². The lowest BCUT2D eigenvalue weighted by Crippen LogP contribution is -2.66. The Labute approximate surface area is 368 Å². The molecule has 0 saturated carbocycles. The van der Waals surface area contributed by atoms with E-state index in [1.807, 2.05) is 121 Å². The van der Waals surface area contributed by atoms with Gasteiger partial charge in [-0.2, -0.15) is 0 Å². The number of hydrogen-bond donors (Lipinski definition) is 0. The third-order valence-corrected chi connectivity index (χ3v) is 10.2. The van der Waals surface area contributed by atoms with Crippen molar-refractivity contribution in [2.75, 3.05) is 19.8 Å². The minimum absolute atomic E-state index is 0.0162. The molecule has 2 aliphatic heterocycles. The van der Waals surface area contributed by atoms with Crippen molar-refractivity contribution in [3.05, 3.63) is 156 Å². The first-order valence-electron chi connectivity index (χ1n) is 20.9. The Morgan fingerprint density at radius 3 is 1.43 bits per heavy atom. The number of hydrogen-bond acceptors (Lipinski definition) is 14. The lowest BCUT2D eigenvalue weighted by Gasteiger charge is -2.49. The first-order valence-corrected chi connectivity index (χ1v) is 20.9. The highest BCUT2D eigenvalue weighted by Gasteiger charge is 2.56. The van der Waals surface area contributed by atoms with Crippen molar-refractivity contribution < 1.29 is 66.5 Å². The van der Waals surface area contributed by atoms with Gasteiger partial charge in [0.05, 0.1) is 39.6 Å². The quantitative estimate of drug-likeness (QED) is 0.0485. The molecule has 0 N–H and O–H groups in total. The van der Waals surface area contributed by atoms with Crippen LogP contribution in [0, 0.1) is 0 Å². The molecule has 0 spiro atoms. The number of rotatable bonds is 22. The maximum absolute atomic E-state index is 12.9. The minimum atomic E-state index is -1.36. The van der Waals surface area contributed by atoms with E-state index < -0.39 is 79.3 Å². The molecule has 2 saturated heterocycles. The van der Waals surface area contributed by atoms with Crippen molar-refractivity contribution in [3.63, 3.8) is 0 Å². The molecular weight excluding hydrogens is 813 g/mol. The lowest BCUT2D eigenvalue weighted by atomic mass is 9.95. The normalized spacial score (nSPS) is 25.7. The van der Waals surface area contributed by atoms with Crippen molar-refractivity contribution in [1.82, 2.24) is 0 Å². The molecule has 0 amide bonds. The highest BCUT2D eigenvalue weighted by Crippen LogP contribution is 2.36. The summed E-state index contributed by atoms with van der Waals surface area (Å²) < 4.78 is 70.0. The molecule has 0 radical (unpaired) electrons. The number of ether oxygens (including phenoxy) is 11. The summed E-state index contributed by atoms with van der Waals surface area (Å²) in [5, 5.41) is 0. The van der Waals surface area contributed by atoms with E-state index in [1.54, 1.807) is 0 Å². The van der Waals surface area contributed by atoms with Gasteiger partial charge in [-0.25, -0.2) is 0 Å². The summed E-state index contributed by atoms with van der Waals surface area (Å²) in [6.07, 6.45) is -9.82. The van der Waals surface area contributed by atoms with Crippen molar-refractivity contribution in [2.24, 2.45) is 0 Å². The Morgan fingerprint density at radius 2 is 0.937 bits per heavy atom. The van der Waals surface area contributed by atoms with Gasteiger partial charge in [-0.15, -0.1) is 6.58 Å². The fourth-order valence-electron chi connectivity index (χ4n) is 7.33. The molecule has 0 unspecified atom stereocenters. The van der Waals surface area contributed by atoms with E-state index in [4.69, 9.17) is 52.1 Å². The first-order chi connectivity index (χ1) is 30.7. The fourth-order valence-corrected chi connectivity index (χ4v) is 7.33. The van der Waals surface area contributed by atoms with Gasteiger partial charge in [0.1, 0.15) is 43.2 Å². The molecule has 0 aromatic heterocycles. The minimum Gasteiger partial charge on any atom is -0.463 e. The molecule has 14 nitrogen and oxygen atoms in total. The van der Waals surface area contributed by atoms with Crippen molar-refractivity contribution in [1.29, 1.82) is 0 Å². The smallest absolute Gasteiger partial charge is 0.303 e. The molecule has 2 heterocycles. The van der Waals surface area contributed by atoms with Gasteiger partial charge in [-0.3, -0.25) is 14.4 Å². The maximum Gasteiger partial charge on any atom is 0.303 e. The third-order valence-electron chi connectivity index (χ3n) is 10.2. The van der Waals surface area contributed by atoms with Crippen LogP contribution in [0.4, 0.5) is 0 Å². The number of benzene rings is 4. The fraction of sp³-hybridized carbons (Fsp3) is 0.408. The van der Waals surface area contributed by atoms with E-state index in [0.717, 1.165) is 22.3 Å². The molecule has 4 aromatic rings.